The minimum absolute atomic E-state index is 0.0139. The quantitative estimate of drug-likeness (QED) is 0.303. The number of amides is 1. The number of ether oxygens (including phenoxy) is 1. The number of esters is 1. The molecule has 0 heterocycles. The summed E-state index contributed by atoms with van der Waals surface area (Å²) >= 11 is 0. The molecule has 0 fully saturated rings. The maximum absolute atomic E-state index is 11.9. The second-order valence-electron chi connectivity index (χ2n) is 5.71. The van der Waals surface area contributed by atoms with Crippen molar-refractivity contribution in [2.24, 2.45) is 0 Å². The van der Waals surface area contributed by atoms with Crippen LogP contribution in [0.4, 0.5) is 11.4 Å². The SMILES string of the molecule is CCc1ccc(C(=O)OCC(=O)NCCNc2ccc([N+](=O)[O-])cc2)cc1. The summed E-state index contributed by atoms with van der Waals surface area (Å²) in [5.41, 5.74) is 2.24. The van der Waals surface area contributed by atoms with Gasteiger partial charge in [0.25, 0.3) is 11.6 Å². The summed E-state index contributed by atoms with van der Waals surface area (Å²) in [7, 11) is 0. The monoisotopic (exact) mass is 371 g/mol. The molecule has 0 radical (unpaired) electrons. The van der Waals surface area contributed by atoms with E-state index < -0.39 is 16.8 Å². The van der Waals surface area contributed by atoms with Gasteiger partial charge in [-0.3, -0.25) is 14.9 Å². The molecule has 0 saturated carbocycles. The lowest BCUT2D eigenvalue weighted by Crippen LogP contribution is -2.32. The van der Waals surface area contributed by atoms with Crippen LogP contribution in [0.3, 0.4) is 0 Å². The van der Waals surface area contributed by atoms with E-state index in [4.69, 9.17) is 4.74 Å². The summed E-state index contributed by atoms with van der Waals surface area (Å²) in [5, 5.41) is 16.2. The molecule has 0 saturated heterocycles. The van der Waals surface area contributed by atoms with Crippen molar-refractivity contribution in [1.82, 2.24) is 5.32 Å². The molecule has 2 rings (SSSR count). The number of aryl methyl sites for hydroxylation is 1. The summed E-state index contributed by atoms with van der Waals surface area (Å²) in [6.45, 7) is 2.41. The van der Waals surface area contributed by atoms with Gasteiger partial charge in [-0.1, -0.05) is 19.1 Å². The van der Waals surface area contributed by atoms with E-state index in [1.54, 1.807) is 24.3 Å². The number of nitrogens with zero attached hydrogens (tertiary/aromatic N) is 1. The van der Waals surface area contributed by atoms with Crippen molar-refractivity contribution >= 4 is 23.3 Å². The number of non-ortho nitro benzene ring substituents is 1. The van der Waals surface area contributed by atoms with E-state index >= 15 is 0 Å². The van der Waals surface area contributed by atoms with E-state index in [-0.39, 0.29) is 12.3 Å². The van der Waals surface area contributed by atoms with Gasteiger partial charge in [0.15, 0.2) is 6.61 Å². The number of hydrogen-bond acceptors (Lipinski definition) is 6. The minimum Gasteiger partial charge on any atom is -0.452 e. The van der Waals surface area contributed by atoms with Crippen LogP contribution in [0.25, 0.3) is 0 Å². The summed E-state index contributed by atoms with van der Waals surface area (Å²) < 4.78 is 4.98. The fourth-order valence-electron chi connectivity index (χ4n) is 2.25. The minimum atomic E-state index is -0.545. The van der Waals surface area contributed by atoms with E-state index in [0.29, 0.717) is 24.3 Å². The molecule has 0 aliphatic carbocycles. The molecule has 8 heteroatoms. The van der Waals surface area contributed by atoms with Crippen LogP contribution < -0.4 is 10.6 Å². The third-order valence-electron chi connectivity index (χ3n) is 3.79. The lowest BCUT2D eigenvalue weighted by atomic mass is 10.1. The lowest BCUT2D eigenvalue weighted by Gasteiger charge is -2.09. The number of hydrogen-bond donors (Lipinski definition) is 2. The number of nitrogens with one attached hydrogen (secondary N) is 2. The van der Waals surface area contributed by atoms with E-state index in [1.807, 2.05) is 19.1 Å². The summed E-state index contributed by atoms with van der Waals surface area (Å²) in [6.07, 6.45) is 0.881. The Balaban J connectivity index is 1.65. The number of nitro groups is 1. The predicted molar refractivity (Wildman–Crippen MR) is 101 cm³/mol. The first kappa shape index (κ1) is 19.9. The maximum Gasteiger partial charge on any atom is 0.338 e. The first-order valence-electron chi connectivity index (χ1n) is 8.50. The molecule has 0 atom stereocenters. The Morgan fingerprint density at radius 2 is 1.70 bits per heavy atom. The molecule has 0 aliphatic heterocycles. The Morgan fingerprint density at radius 3 is 2.30 bits per heavy atom. The van der Waals surface area contributed by atoms with Crippen molar-refractivity contribution in [2.75, 3.05) is 25.0 Å². The van der Waals surface area contributed by atoms with Crippen molar-refractivity contribution in [1.29, 1.82) is 0 Å². The van der Waals surface area contributed by atoms with Crippen LogP contribution in [0, 0.1) is 10.1 Å². The van der Waals surface area contributed by atoms with Gasteiger partial charge in [0, 0.05) is 30.9 Å². The molecule has 0 unspecified atom stereocenters. The average molecular weight is 371 g/mol. The van der Waals surface area contributed by atoms with Crippen LogP contribution in [-0.4, -0.2) is 36.5 Å². The van der Waals surface area contributed by atoms with Crippen molar-refractivity contribution < 1.29 is 19.2 Å². The molecule has 27 heavy (non-hydrogen) atoms. The van der Waals surface area contributed by atoms with E-state index in [2.05, 4.69) is 10.6 Å². The van der Waals surface area contributed by atoms with Gasteiger partial charge in [-0.2, -0.15) is 0 Å². The molecule has 0 aromatic heterocycles. The number of nitro benzene ring substituents is 1. The topological polar surface area (TPSA) is 111 Å². The molecule has 1 amide bonds. The zero-order valence-corrected chi connectivity index (χ0v) is 14.9. The number of carbonyl (C=O) groups is 2. The highest BCUT2D eigenvalue weighted by atomic mass is 16.6. The molecular formula is C19H21N3O5. The number of anilines is 1. The zero-order chi connectivity index (χ0) is 19.6. The summed E-state index contributed by atoms with van der Waals surface area (Å²) in [5.74, 6) is -0.948. The lowest BCUT2D eigenvalue weighted by molar-refractivity contribution is -0.384. The van der Waals surface area contributed by atoms with Gasteiger partial charge in [-0.15, -0.1) is 0 Å². The average Bonchev–Trinajstić information content (AvgIpc) is 2.69. The van der Waals surface area contributed by atoms with Gasteiger partial charge in [0.05, 0.1) is 10.5 Å². The first-order chi connectivity index (χ1) is 13.0. The first-order valence-corrected chi connectivity index (χ1v) is 8.50. The van der Waals surface area contributed by atoms with Crippen LogP contribution in [-0.2, 0) is 16.0 Å². The Bertz CT molecular complexity index is 788. The number of carbonyl (C=O) groups excluding carboxylic acids is 2. The van der Waals surface area contributed by atoms with Gasteiger partial charge >= 0.3 is 5.97 Å². The zero-order valence-electron chi connectivity index (χ0n) is 14.9. The second kappa shape index (κ2) is 9.91. The Morgan fingerprint density at radius 1 is 1.04 bits per heavy atom. The third kappa shape index (κ3) is 6.43. The highest BCUT2D eigenvalue weighted by molar-refractivity contribution is 5.91. The van der Waals surface area contributed by atoms with Gasteiger partial charge < -0.3 is 15.4 Å². The Kier molecular flexibility index (Phi) is 7.30. The van der Waals surface area contributed by atoms with Crippen molar-refractivity contribution in [3.63, 3.8) is 0 Å². The molecule has 2 aromatic rings. The maximum atomic E-state index is 11.9. The predicted octanol–water partition coefficient (Wildman–Crippen LogP) is 2.54. The van der Waals surface area contributed by atoms with Crippen LogP contribution in [0.1, 0.15) is 22.8 Å². The Hall–Kier alpha value is -3.42. The summed E-state index contributed by atoms with van der Waals surface area (Å²) in [4.78, 5) is 33.7. The van der Waals surface area contributed by atoms with Crippen LogP contribution in [0.15, 0.2) is 48.5 Å². The normalized spacial score (nSPS) is 10.1. The fourth-order valence-corrected chi connectivity index (χ4v) is 2.25. The molecule has 2 aromatic carbocycles. The molecule has 0 spiro atoms. The molecule has 142 valence electrons. The van der Waals surface area contributed by atoms with E-state index in [9.17, 15) is 19.7 Å². The molecule has 8 nitrogen and oxygen atoms in total. The highest BCUT2D eigenvalue weighted by Gasteiger charge is 2.10. The number of benzene rings is 2. The molecule has 0 aliphatic rings. The van der Waals surface area contributed by atoms with Gasteiger partial charge in [-0.05, 0) is 36.2 Å². The molecular weight excluding hydrogens is 350 g/mol. The number of rotatable bonds is 9. The van der Waals surface area contributed by atoms with E-state index in [0.717, 1.165) is 12.0 Å². The van der Waals surface area contributed by atoms with E-state index in [1.165, 1.54) is 12.1 Å². The fraction of sp³-hybridized carbons (Fsp3) is 0.263. The van der Waals surface area contributed by atoms with Gasteiger partial charge in [-0.25, -0.2) is 4.79 Å². The third-order valence-corrected chi connectivity index (χ3v) is 3.79. The van der Waals surface area contributed by atoms with Gasteiger partial charge in [0.2, 0.25) is 0 Å². The van der Waals surface area contributed by atoms with Crippen molar-refractivity contribution in [2.45, 2.75) is 13.3 Å². The highest BCUT2D eigenvalue weighted by Crippen LogP contribution is 2.14. The standard InChI is InChI=1S/C19H21N3O5/c1-2-14-3-5-15(6-4-14)19(24)27-13-18(23)21-12-11-20-16-7-9-17(10-8-16)22(25)26/h3-10,20H,2,11-13H2,1H3,(H,21,23). The molecule has 0 bridgehead atoms. The summed E-state index contributed by atoms with van der Waals surface area (Å²) in [6, 6.07) is 13.0. The van der Waals surface area contributed by atoms with Crippen molar-refractivity contribution in [3.05, 3.63) is 69.8 Å². The Labute approximate surface area is 156 Å². The van der Waals surface area contributed by atoms with Crippen LogP contribution in [0.2, 0.25) is 0 Å². The smallest absolute Gasteiger partial charge is 0.338 e. The molecule has 2 N–H and O–H groups in total. The van der Waals surface area contributed by atoms with Gasteiger partial charge in [0.1, 0.15) is 0 Å². The largest absolute Gasteiger partial charge is 0.452 e. The second-order valence-corrected chi connectivity index (χ2v) is 5.71. The van der Waals surface area contributed by atoms with Crippen molar-refractivity contribution in [3.8, 4) is 0 Å². The van der Waals surface area contributed by atoms with Crippen LogP contribution >= 0.6 is 0 Å². The van der Waals surface area contributed by atoms with Crippen LogP contribution in [0.5, 0.6) is 0 Å².